The molecule has 0 aliphatic carbocycles. The minimum Gasteiger partial charge on any atom is -0.327 e. The summed E-state index contributed by atoms with van der Waals surface area (Å²) in [6.07, 6.45) is 2.92. The predicted octanol–water partition coefficient (Wildman–Crippen LogP) is 0.549. The predicted molar refractivity (Wildman–Crippen MR) is 49.6 cm³/mol. The van der Waals surface area contributed by atoms with Crippen LogP contribution in [0.4, 0.5) is 0 Å². The van der Waals surface area contributed by atoms with E-state index in [9.17, 15) is 8.42 Å². The second-order valence-electron chi connectivity index (χ2n) is 3.62. The molecule has 0 aromatic rings. The van der Waals surface area contributed by atoms with Crippen LogP contribution in [0.5, 0.6) is 0 Å². The molecule has 2 atom stereocenters. The topological polar surface area (TPSA) is 60.2 Å². The molecule has 1 fully saturated rings. The molecule has 12 heavy (non-hydrogen) atoms. The minimum absolute atomic E-state index is 0.122. The third kappa shape index (κ3) is 2.45. The highest BCUT2D eigenvalue weighted by Gasteiger charge is 2.29. The van der Waals surface area contributed by atoms with Crippen LogP contribution in [0.3, 0.4) is 0 Å². The van der Waals surface area contributed by atoms with E-state index in [4.69, 9.17) is 5.73 Å². The molecule has 72 valence electrons. The lowest BCUT2D eigenvalue weighted by molar-refractivity contribution is 0.382. The zero-order valence-corrected chi connectivity index (χ0v) is 8.31. The molecule has 2 unspecified atom stereocenters. The molecule has 1 saturated heterocycles. The maximum absolute atomic E-state index is 11.1. The molecule has 0 aromatic carbocycles. The average Bonchev–Trinajstić information content (AvgIpc) is 1.94. The van der Waals surface area contributed by atoms with Gasteiger partial charge in [-0.2, -0.15) is 0 Å². The fraction of sp³-hybridized carbons (Fsp3) is 1.00. The van der Waals surface area contributed by atoms with Crippen molar-refractivity contribution < 1.29 is 8.42 Å². The van der Waals surface area contributed by atoms with Crippen LogP contribution in [0.2, 0.25) is 0 Å². The summed E-state index contributed by atoms with van der Waals surface area (Å²) in [6, 6.07) is -0.122. The number of nitrogens with two attached hydrogens (primary N) is 1. The molecule has 1 rings (SSSR count). The van der Waals surface area contributed by atoms with Crippen LogP contribution in [0.1, 0.15) is 26.2 Å². The first kappa shape index (κ1) is 9.99. The highest BCUT2D eigenvalue weighted by Crippen LogP contribution is 2.22. The van der Waals surface area contributed by atoms with Gasteiger partial charge in [0.05, 0.1) is 11.5 Å². The Morgan fingerprint density at radius 2 is 2.17 bits per heavy atom. The highest BCUT2D eigenvalue weighted by molar-refractivity contribution is 7.91. The summed E-state index contributed by atoms with van der Waals surface area (Å²) >= 11 is 0. The molecule has 2 N–H and O–H groups in total. The molecule has 0 spiro atoms. The van der Waals surface area contributed by atoms with E-state index in [1.54, 1.807) is 0 Å². The van der Waals surface area contributed by atoms with Gasteiger partial charge in [-0.3, -0.25) is 0 Å². The summed E-state index contributed by atoms with van der Waals surface area (Å²) in [6.45, 7) is 2.11. The lowest BCUT2D eigenvalue weighted by Crippen LogP contribution is -2.42. The second kappa shape index (κ2) is 3.75. The zero-order chi connectivity index (χ0) is 9.19. The lowest BCUT2D eigenvalue weighted by atomic mass is 9.93. The van der Waals surface area contributed by atoms with Gasteiger partial charge >= 0.3 is 0 Å². The van der Waals surface area contributed by atoms with Crippen LogP contribution in [0.25, 0.3) is 0 Å². The van der Waals surface area contributed by atoms with Gasteiger partial charge in [0.1, 0.15) is 0 Å². The van der Waals surface area contributed by atoms with E-state index in [2.05, 4.69) is 6.92 Å². The summed E-state index contributed by atoms with van der Waals surface area (Å²) in [5, 5.41) is 0. The number of hydrogen-bond acceptors (Lipinski definition) is 3. The molecule has 1 aliphatic rings. The van der Waals surface area contributed by atoms with E-state index < -0.39 is 9.84 Å². The van der Waals surface area contributed by atoms with Gasteiger partial charge in [-0.15, -0.1) is 0 Å². The standard InChI is InChI=1S/C8H17NO2S/c1-2-3-7-4-5-12(10,11)6-8(7)9/h7-8H,2-6,9H2,1H3. The van der Waals surface area contributed by atoms with Gasteiger partial charge in [0.2, 0.25) is 0 Å². The first-order valence-electron chi connectivity index (χ1n) is 4.51. The van der Waals surface area contributed by atoms with Crippen molar-refractivity contribution in [2.24, 2.45) is 11.7 Å². The summed E-state index contributed by atoms with van der Waals surface area (Å²) in [5.74, 6) is 0.960. The minimum atomic E-state index is -2.81. The number of sulfone groups is 1. The molecule has 1 heterocycles. The first-order chi connectivity index (χ1) is 5.55. The molecular weight excluding hydrogens is 174 g/mol. The molecule has 0 saturated carbocycles. The van der Waals surface area contributed by atoms with Crippen LogP contribution in [0, 0.1) is 5.92 Å². The molecule has 0 amide bonds. The van der Waals surface area contributed by atoms with Crippen molar-refractivity contribution in [3.63, 3.8) is 0 Å². The van der Waals surface area contributed by atoms with Gasteiger partial charge < -0.3 is 5.73 Å². The average molecular weight is 191 g/mol. The summed E-state index contributed by atoms with van der Waals surface area (Å²) < 4.78 is 22.3. The normalized spacial score (nSPS) is 34.8. The Hall–Kier alpha value is -0.0900. The van der Waals surface area contributed by atoms with Gasteiger partial charge in [0.15, 0.2) is 9.84 Å². The van der Waals surface area contributed by atoms with Crippen LogP contribution >= 0.6 is 0 Å². The number of rotatable bonds is 2. The van der Waals surface area contributed by atoms with Crippen molar-refractivity contribution >= 4 is 9.84 Å². The highest BCUT2D eigenvalue weighted by atomic mass is 32.2. The zero-order valence-electron chi connectivity index (χ0n) is 7.49. The lowest BCUT2D eigenvalue weighted by Gasteiger charge is -2.27. The van der Waals surface area contributed by atoms with Crippen molar-refractivity contribution in [1.82, 2.24) is 0 Å². The van der Waals surface area contributed by atoms with E-state index in [0.29, 0.717) is 11.7 Å². The molecule has 0 aromatic heterocycles. The van der Waals surface area contributed by atoms with Gasteiger partial charge in [0, 0.05) is 6.04 Å². The Bertz CT molecular complexity index is 235. The van der Waals surface area contributed by atoms with Crippen molar-refractivity contribution in [1.29, 1.82) is 0 Å². The van der Waals surface area contributed by atoms with E-state index in [1.165, 1.54) is 0 Å². The van der Waals surface area contributed by atoms with Crippen molar-refractivity contribution in [3.8, 4) is 0 Å². The third-order valence-corrected chi connectivity index (χ3v) is 4.26. The Morgan fingerprint density at radius 3 is 2.67 bits per heavy atom. The fourth-order valence-electron chi connectivity index (χ4n) is 1.79. The van der Waals surface area contributed by atoms with E-state index in [-0.39, 0.29) is 11.8 Å². The van der Waals surface area contributed by atoms with Crippen LogP contribution < -0.4 is 5.73 Å². The second-order valence-corrected chi connectivity index (χ2v) is 5.84. The molecule has 0 radical (unpaired) electrons. The first-order valence-corrected chi connectivity index (χ1v) is 6.33. The van der Waals surface area contributed by atoms with Crippen molar-refractivity contribution in [3.05, 3.63) is 0 Å². The Balaban J connectivity index is 2.54. The van der Waals surface area contributed by atoms with Crippen LogP contribution in [-0.4, -0.2) is 26.0 Å². The van der Waals surface area contributed by atoms with Gasteiger partial charge in [-0.25, -0.2) is 8.42 Å². The number of hydrogen-bond donors (Lipinski definition) is 1. The van der Waals surface area contributed by atoms with Gasteiger partial charge in [-0.1, -0.05) is 13.3 Å². The van der Waals surface area contributed by atoms with Crippen LogP contribution in [-0.2, 0) is 9.84 Å². The Kier molecular flexibility index (Phi) is 3.12. The molecule has 3 nitrogen and oxygen atoms in total. The SMILES string of the molecule is CCCC1CCS(=O)(=O)CC1N. The Morgan fingerprint density at radius 1 is 1.50 bits per heavy atom. The smallest absolute Gasteiger partial charge is 0.151 e. The fourth-order valence-corrected chi connectivity index (χ4v) is 3.47. The maximum atomic E-state index is 11.1. The van der Waals surface area contributed by atoms with Crippen LogP contribution in [0.15, 0.2) is 0 Å². The third-order valence-electron chi connectivity index (χ3n) is 2.51. The largest absolute Gasteiger partial charge is 0.327 e. The van der Waals surface area contributed by atoms with E-state index in [0.717, 1.165) is 19.3 Å². The maximum Gasteiger partial charge on any atom is 0.151 e. The Labute approximate surface area is 74.3 Å². The summed E-state index contributed by atoms with van der Waals surface area (Å²) in [4.78, 5) is 0. The monoisotopic (exact) mass is 191 g/mol. The molecule has 1 aliphatic heterocycles. The summed E-state index contributed by atoms with van der Waals surface area (Å²) in [7, 11) is -2.81. The molecule has 4 heteroatoms. The van der Waals surface area contributed by atoms with Crippen molar-refractivity contribution in [2.45, 2.75) is 32.2 Å². The van der Waals surface area contributed by atoms with Gasteiger partial charge in [-0.05, 0) is 18.8 Å². The molecular formula is C8H17NO2S. The summed E-state index contributed by atoms with van der Waals surface area (Å²) in [5.41, 5.74) is 5.76. The van der Waals surface area contributed by atoms with E-state index in [1.807, 2.05) is 0 Å². The van der Waals surface area contributed by atoms with Gasteiger partial charge in [0.25, 0.3) is 0 Å². The van der Waals surface area contributed by atoms with Crippen molar-refractivity contribution in [2.75, 3.05) is 11.5 Å². The molecule has 0 bridgehead atoms. The van der Waals surface area contributed by atoms with E-state index >= 15 is 0 Å². The quantitative estimate of drug-likeness (QED) is 0.693.